The topological polar surface area (TPSA) is 32.3 Å². The van der Waals surface area contributed by atoms with Gasteiger partial charge in [-0.15, -0.1) is 0 Å². The Morgan fingerprint density at radius 3 is 2.65 bits per heavy atom. The highest BCUT2D eigenvalue weighted by Crippen LogP contribution is 2.20. The molecule has 1 heterocycles. The summed E-state index contributed by atoms with van der Waals surface area (Å²) < 4.78 is -0.0579. The molecule has 23 heavy (non-hydrogen) atoms. The number of para-hydroxylation sites is 1. The first kappa shape index (κ1) is 16.5. The van der Waals surface area contributed by atoms with Crippen LogP contribution in [0, 0.1) is 6.92 Å². The Morgan fingerprint density at radius 2 is 1.87 bits per heavy atom. The molecule has 0 saturated carbocycles. The minimum Gasteiger partial charge on any atom is -0.325 e. The van der Waals surface area contributed by atoms with Crippen LogP contribution in [0.1, 0.15) is 16.7 Å². The summed E-state index contributed by atoms with van der Waals surface area (Å²) in [5, 5.41) is 3.05. The fourth-order valence-corrected chi connectivity index (χ4v) is 3.66. The molecule has 0 bridgehead atoms. The molecular weight excluding hydrogens is 399 g/mol. The molecule has 2 aromatic rings. The maximum absolute atomic E-state index is 12.4. The van der Waals surface area contributed by atoms with Gasteiger partial charge >= 0.3 is 0 Å². The standard InChI is InChI=1S/C19H21IN2O/c1-14-6-2-5-9-18(14)21-19(23)17(20)13-22-11-10-15-7-3-4-8-16(15)12-22/h2-9,17H,10-13H2,1H3,(H,21,23)/t17-/m1/s1. The van der Waals surface area contributed by atoms with Gasteiger partial charge < -0.3 is 5.32 Å². The van der Waals surface area contributed by atoms with E-state index in [1.165, 1.54) is 11.1 Å². The zero-order valence-electron chi connectivity index (χ0n) is 13.3. The number of hydrogen-bond acceptors (Lipinski definition) is 2. The first-order valence-corrected chi connectivity index (χ1v) is 9.18. The maximum Gasteiger partial charge on any atom is 0.238 e. The fraction of sp³-hybridized carbons (Fsp3) is 0.316. The summed E-state index contributed by atoms with van der Waals surface area (Å²) in [7, 11) is 0. The normalized spacial score (nSPS) is 15.7. The number of fused-ring (bicyclic) bond motifs is 1. The van der Waals surface area contributed by atoms with Crippen molar-refractivity contribution < 1.29 is 4.79 Å². The molecule has 0 unspecified atom stereocenters. The van der Waals surface area contributed by atoms with Crippen LogP contribution in [-0.2, 0) is 17.8 Å². The van der Waals surface area contributed by atoms with Crippen molar-refractivity contribution in [3.63, 3.8) is 0 Å². The van der Waals surface area contributed by atoms with Crippen LogP contribution >= 0.6 is 22.6 Å². The van der Waals surface area contributed by atoms with Crippen LogP contribution in [0.2, 0.25) is 0 Å². The Bertz CT molecular complexity index is 701. The molecule has 1 atom stereocenters. The van der Waals surface area contributed by atoms with Crippen LogP contribution < -0.4 is 5.32 Å². The molecule has 1 N–H and O–H groups in total. The SMILES string of the molecule is Cc1ccccc1NC(=O)[C@H](I)CN1CCc2ccccc2C1. The van der Waals surface area contributed by atoms with Gasteiger partial charge in [0.2, 0.25) is 5.91 Å². The molecule has 1 aliphatic rings. The van der Waals surface area contributed by atoms with E-state index >= 15 is 0 Å². The van der Waals surface area contributed by atoms with Crippen LogP contribution in [0.4, 0.5) is 5.69 Å². The smallest absolute Gasteiger partial charge is 0.238 e. The van der Waals surface area contributed by atoms with Crippen molar-refractivity contribution in [3.8, 4) is 0 Å². The second kappa shape index (κ2) is 7.45. The number of anilines is 1. The number of hydrogen-bond donors (Lipinski definition) is 1. The third kappa shape index (κ3) is 4.12. The number of aryl methyl sites for hydroxylation is 1. The van der Waals surface area contributed by atoms with E-state index in [0.29, 0.717) is 0 Å². The summed E-state index contributed by atoms with van der Waals surface area (Å²) in [6.45, 7) is 4.76. The molecule has 1 aliphatic heterocycles. The molecule has 0 saturated heterocycles. The molecule has 0 aliphatic carbocycles. The number of benzene rings is 2. The first-order chi connectivity index (χ1) is 11.1. The lowest BCUT2D eigenvalue weighted by Gasteiger charge is -2.30. The van der Waals surface area contributed by atoms with E-state index in [0.717, 1.165) is 37.3 Å². The fourth-order valence-electron chi connectivity index (χ4n) is 2.94. The highest BCUT2D eigenvalue weighted by molar-refractivity contribution is 14.1. The van der Waals surface area contributed by atoms with E-state index in [1.54, 1.807) is 0 Å². The number of rotatable bonds is 4. The zero-order valence-corrected chi connectivity index (χ0v) is 15.4. The van der Waals surface area contributed by atoms with E-state index in [4.69, 9.17) is 0 Å². The Balaban J connectivity index is 1.58. The maximum atomic E-state index is 12.4. The van der Waals surface area contributed by atoms with Gasteiger partial charge in [-0.2, -0.15) is 0 Å². The van der Waals surface area contributed by atoms with E-state index in [9.17, 15) is 4.79 Å². The summed E-state index contributed by atoms with van der Waals surface area (Å²) in [6.07, 6.45) is 1.07. The number of nitrogens with one attached hydrogen (secondary N) is 1. The summed E-state index contributed by atoms with van der Waals surface area (Å²) in [5.41, 5.74) is 4.83. The minimum absolute atomic E-state index is 0.0579. The largest absolute Gasteiger partial charge is 0.325 e. The molecule has 1 amide bonds. The average Bonchev–Trinajstić information content (AvgIpc) is 2.56. The van der Waals surface area contributed by atoms with Crippen molar-refractivity contribution >= 4 is 34.2 Å². The monoisotopic (exact) mass is 420 g/mol. The predicted octanol–water partition coefficient (Wildman–Crippen LogP) is 3.80. The Morgan fingerprint density at radius 1 is 1.17 bits per heavy atom. The van der Waals surface area contributed by atoms with Crippen molar-refractivity contribution in [3.05, 3.63) is 65.2 Å². The van der Waals surface area contributed by atoms with Gasteiger partial charge in [-0.05, 0) is 36.1 Å². The van der Waals surface area contributed by atoms with Crippen LogP contribution in [0.5, 0.6) is 0 Å². The second-order valence-electron chi connectivity index (χ2n) is 6.03. The Labute approximate surface area is 151 Å². The van der Waals surface area contributed by atoms with E-state index in [1.807, 2.05) is 31.2 Å². The van der Waals surface area contributed by atoms with Gasteiger partial charge in [-0.3, -0.25) is 9.69 Å². The lowest BCUT2D eigenvalue weighted by molar-refractivity contribution is -0.115. The predicted molar refractivity (Wildman–Crippen MR) is 103 cm³/mol. The lowest BCUT2D eigenvalue weighted by atomic mass is 10.00. The molecule has 0 fully saturated rings. The Hall–Kier alpha value is -1.40. The number of carbonyl (C=O) groups is 1. The number of amides is 1. The summed E-state index contributed by atoms with van der Waals surface area (Å²) in [6, 6.07) is 16.5. The first-order valence-electron chi connectivity index (χ1n) is 7.93. The number of carbonyl (C=O) groups excluding carboxylic acids is 1. The van der Waals surface area contributed by atoms with E-state index < -0.39 is 0 Å². The molecule has 0 spiro atoms. The molecule has 0 radical (unpaired) electrons. The van der Waals surface area contributed by atoms with Crippen LogP contribution in [-0.4, -0.2) is 27.8 Å². The van der Waals surface area contributed by atoms with Gasteiger partial charge in [0, 0.05) is 25.3 Å². The molecule has 120 valence electrons. The minimum atomic E-state index is -0.0579. The summed E-state index contributed by atoms with van der Waals surface area (Å²) >= 11 is 2.25. The van der Waals surface area contributed by atoms with Crippen LogP contribution in [0.15, 0.2) is 48.5 Å². The van der Waals surface area contributed by atoms with Gasteiger partial charge in [0.25, 0.3) is 0 Å². The van der Waals surface area contributed by atoms with Crippen LogP contribution in [0.3, 0.4) is 0 Å². The van der Waals surface area contributed by atoms with Crippen molar-refractivity contribution in [2.75, 3.05) is 18.4 Å². The molecule has 0 aromatic heterocycles. The third-order valence-corrected chi connectivity index (χ3v) is 5.28. The number of alkyl halides is 1. The summed E-state index contributed by atoms with van der Waals surface area (Å²) in [4.78, 5) is 14.8. The van der Waals surface area contributed by atoms with Gasteiger partial charge in [-0.25, -0.2) is 0 Å². The molecule has 2 aromatic carbocycles. The van der Waals surface area contributed by atoms with Crippen molar-refractivity contribution in [2.24, 2.45) is 0 Å². The highest BCUT2D eigenvalue weighted by Gasteiger charge is 2.22. The lowest BCUT2D eigenvalue weighted by Crippen LogP contribution is -2.39. The van der Waals surface area contributed by atoms with Gasteiger partial charge in [0.15, 0.2) is 0 Å². The zero-order chi connectivity index (χ0) is 16.2. The molecular formula is C19H21IN2O. The third-order valence-electron chi connectivity index (χ3n) is 4.32. The van der Waals surface area contributed by atoms with Gasteiger partial charge in [-0.1, -0.05) is 65.1 Å². The average molecular weight is 420 g/mol. The van der Waals surface area contributed by atoms with Crippen molar-refractivity contribution in [1.82, 2.24) is 4.90 Å². The number of nitrogens with zero attached hydrogens (tertiary/aromatic N) is 1. The highest BCUT2D eigenvalue weighted by atomic mass is 127. The molecule has 4 heteroatoms. The van der Waals surface area contributed by atoms with Gasteiger partial charge in [0.05, 0.1) is 0 Å². The van der Waals surface area contributed by atoms with Crippen molar-refractivity contribution in [1.29, 1.82) is 0 Å². The molecule has 3 nitrogen and oxygen atoms in total. The van der Waals surface area contributed by atoms with Gasteiger partial charge in [0.1, 0.15) is 3.92 Å². The van der Waals surface area contributed by atoms with E-state index in [2.05, 4.69) is 57.1 Å². The van der Waals surface area contributed by atoms with Crippen LogP contribution in [0.25, 0.3) is 0 Å². The van der Waals surface area contributed by atoms with E-state index in [-0.39, 0.29) is 9.83 Å². The number of halogens is 1. The Kier molecular flexibility index (Phi) is 5.33. The molecule has 3 rings (SSSR count). The quantitative estimate of drug-likeness (QED) is 0.603. The van der Waals surface area contributed by atoms with Crippen molar-refractivity contribution in [2.45, 2.75) is 23.8 Å². The summed E-state index contributed by atoms with van der Waals surface area (Å²) in [5.74, 6) is 0.0822. The second-order valence-corrected chi connectivity index (χ2v) is 7.53.